The molecule has 0 spiro atoms. The number of β-amino-alcohol motifs (C(OH)–C–C–N with tert-alkyl or cyclic N) is 1. The highest BCUT2D eigenvalue weighted by Gasteiger charge is 2.38. The molecule has 2 aliphatic heterocycles. The van der Waals surface area contributed by atoms with Crippen molar-refractivity contribution in [3.63, 3.8) is 0 Å². The molecule has 3 heterocycles. The Bertz CT molecular complexity index is 488. The van der Waals surface area contributed by atoms with Crippen molar-refractivity contribution in [2.75, 3.05) is 26.2 Å². The average molecular weight is 296 g/mol. The van der Waals surface area contributed by atoms with E-state index in [2.05, 4.69) is 9.88 Å². The maximum atomic E-state index is 12.4. The molecule has 1 amide bonds. The predicted octanol–water partition coefficient (Wildman–Crippen LogP) is 1.02. The Labute approximate surface area is 123 Å². The van der Waals surface area contributed by atoms with E-state index < -0.39 is 6.10 Å². The lowest BCUT2D eigenvalue weighted by Gasteiger charge is -2.25. The number of amides is 1. The molecular weight excluding hydrogens is 278 g/mol. The molecule has 2 fully saturated rings. The number of carbonyl (C=O) groups excluding carboxylic acids is 1. The summed E-state index contributed by atoms with van der Waals surface area (Å²) in [5.41, 5.74) is 0.378. The van der Waals surface area contributed by atoms with Crippen molar-refractivity contribution >= 4 is 17.5 Å². The normalized spacial score (nSPS) is 27.2. The van der Waals surface area contributed by atoms with Crippen LogP contribution in [0.3, 0.4) is 0 Å². The number of hydrogen-bond acceptors (Lipinski definition) is 4. The Morgan fingerprint density at radius 3 is 2.70 bits per heavy atom. The van der Waals surface area contributed by atoms with E-state index in [1.54, 1.807) is 17.0 Å². The molecule has 108 valence electrons. The SMILES string of the molecule is O=C(c1ccc(Cl)cn1)N1C[C@H](O)[C@@H](N2CCCC2)C1. The second kappa shape index (κ2) is 5.68. The van der Waals surface area contributed by atoms with Crippen LogP contribution < -0.4 is 0 Å². The van der Waals surface area contributed by atoms with E-state index in [1.807, 2.05) is 0 Å². The van der Waals surface area contributed by atoms with Gasteiger partial charge in [-0.1, -0.05) is 11.6 Å². The standard InChI is InChI=1S/C14H18ClN3O2/c15-10-3-4-11(16-7-10)14(20)18-8-12(13(19)9-18)17-5-1-2-6-17/h3-4,7,12-13,19H,1-2,5-6,8-9H2/t12-,13-/m0/s1. The molecule has 20 heavy (non-hydrogen) atoms. The molecule has 1 aromatic heterocycles. The molecule has 0 bridgehead atoms. The van der Waals surface area contributed by atoms with Gasteiger partial charge in [0.1, 0.15) is 5.69 Å². The quantitative estimate of drug-likeness (QED) is 0.885. The number of aromatic nitrogens is 1. The highest BCUT2D eigenvalue weighted by molar-refractivity contribution is 6.30. The second-order valence-corrected chi connectivity index (χ2v) is 5.89. The number of carbonyl (C=O) groups is 1. The first-order valence-corrected chi connectivity index (χ1v) is 7.36. The fourth-order valence-corrected chi connectivity index (χ4v) is 3.14. The minimum atomic E-state index is -0.468. The first-order valence-electron chi connectivity index (χ1n) is 6.98. The summed E-state index contributed by atoms with van der Waals surface area (Å²) in [6.07, 6.45) is 3.36. The van der Waals surface area contributed by atoms with Crippen LogP contribution in [-0.2, 0) is 0 Å². The number of pyridine rings is 1. The van der Waals surface area contributed by atoms with Crippen LogP contribution in [0.1, 0.15) is 23.3 Å². The third-order valence-corrected chi connectivity index (χ3v) is 4.33. The van der Waals surface area contributed by atoms with E-state index >= 15 is 0 Å². The van der Waals surface area contributed by atoms with Crippen LogP contribution in [-0.4, -0.2) is 64.1 Å². The van der Waals surface area contributed by atoms with Gasteiger partial charge in [-0.2, -0.15) is 0 Å². The zero-order valence-corrected chi connectivity index (χ0v) is 12.0. The van der Waals surface area contributed by atoms with Crippen molar-refractivity contribution in [2.24, 2.45) is 0 Å². The number of aliphatic hydroxyl groups excluding tert-OH is 1. The minimum Gasteiger partial charge on any atom is -0.390 e. The van der Waals surface area contributed by atoms with E-state index in [0.29, 0.717) is 23.8 Å². The molecule has 0 saturated carbocycles. The first kappa shape index (κ1) is 13.8. The van der Waals surface area contributed by atoms with Crippen molar-refractivity contribution in [1.29, 1.82) is 0 Å². The zero-order valence-electron chi connectivity index (χ0n) is 11.2. The van der Waals surface area contributed by atoms with Crippen LogP contribution in [0.5, 0.6) is 0 Å². The fraction of sp³-hybridized carbons (Fsp3) is 0.571. The Kier molecular flexibility index (Phi) is 3.92. The van der Waals surface area contributed by atoms with Gasteiger partial charge in [0, 0.05) is 19.3 Å². The molecule has 0 radical (unpaired) electrons. The van der Waals surface area contributed by atoms with Crippen LogP contribution in [0, 0.1) is 0 Å². The fourth-order valence-electron chi connectivity index (χ4n) is 3.03. The molecule has 1 aromatic rings. The summed E-state index contributed by atoms with van der Waals surface area (Å²) in [6.45, 7) is 2.99. The molecule has 0 aromatic carbocycles. The lowest BCUT2D eigenvalue weighted by atomic mass is 10.2. The van der Waals surface area contributed by atoms with Gasteiger partial charge in [0.15, 0.2) is 0 Å². The Morgan fingerprint density at radius 1 is 1.30 bits per heavy atom. The van der Waals surface area contributed by atoms with Gasteiger partial charge in [-0.3, -0.25) is 9.69 Å². The summed E-state index contributed by atoms with van der Waals surface area (Å²) in [6, 6.07) is 3.35. The highest BCUT2D eigenvalue weighted by atomic mass is 35.5. The average Bonchev–Trinajstić information content (AvgIpc) is 3.07. The maximum absolute atomic E-state index is 12.4. The van der Waals surface area contributed by atoms with Crippen LogP contribution in [0.4, 0.5) is 0 Å². The molecule has 5 nitrogen and oxygen atoms in total. The number of aliphatic hydroxyl groups is 1. The topological polar surface area (TPSA) is 56.7 Å². The summed E-state index contributed by atoms with van der Waals surface area (Å²) in [4.78, 5) is 20.4. The maximum Gasteiger partial charge on any atom is 0.272 e. The van der Waals surface area contributed by atoms with Crippen LogP contribution in [0.25, 0.3) is 0 Å². The summed E-state index contributed by atoms with van der Waals surface area (Å²) in [7, 11) is 0. The molecule has 2 aliphatic rings. The number of hydrogen-bond donors (Lipinski definition) is 1. The highest BCUT2D eigenvalue weighted by Crippen LogP contribution is 2.22. The van der Waals surface area contributed by atoms with E-state index in [9.17, 15) is 9.90 Å². The molecule has 1 N–H and O–H groups in total. The van der Waals surface area contributed by atoms with Crippen LogP contribution >= 0.6 is 11.6 Å². The number of nitrogens with zero attached hydrogens (tertiary/aromatic N) is 3. The smallest absolute Gasteiger partial charge is 0.272 e. The van der Waals surface area contributed by atoms with Crippen molar-refractivity contribution < 1.29 is 9.90 Å². The predicted molar refractivity (Wildman–Crippen MR) is 75.8 cm³/mol. The van der Waals surface area contributed by atoms with E-state index in [0.717, 1.165) is 13.1 Å². The number of likely N-dealkylation sites (tertiary alicyclic amines) is 2. The summed E-state index contributed by atoms with van der Waals surface area (Å²) >= 11 is 5.77. The van der Waals surface area contributed by atoms with Gasteiger partial charge in [-0.25, -0.2) is 4.98 Å². The Balaban J connectivity index is 1.69. The summed E-state index contributed by atoms with van der Waals surface area (Å²) in [5.74, 6) is -0.137. The van der Waals surface area contributed by atoms with Crippen molar-refractivity contribution in [2.45, 2.75) is 25.0 Å². The van der Waals surface area contributed by atoms with Crippen molar-refractivity contribution in [3.05, 3.63) is 29.0 Å². The van der Waals surface area contributed by atoms with Gasteiger partial charge in [-0.05, 0) is 38.1 Å². The second-order valence-electron chi connectivity index (χ2n) is 5.45. The van der Waals surface area contributed by atoms with E-state index in [4.69, 9.17) is 11.6 Å². The Morgan fingerprint density at radius 2 is 2.05 bits per heavy atom. The van der Waals surface area contributed by atoms with Crippen molar-refractivity contribution in [1.82, 2.24) is 14.8 Å². The monoisotopic (exact) mass is 295 g/mol. The van der Waals surface area contributed by atoms with Crippen LogP contribution in [0.2, 0.25) is 5.02 Å². The van der Waals surface area contributed by atoms with Crippen molar-refractivity contribution in [3.8, 4) is 0 Å². The molecule has 0 unspecified atom stereocenters. The van der Waals surface area contributed by atoms with Gasteiger partial charge in [0.2, 0.25) is 0 Å². The van der Waals surface area contributed by atoms with Gasteiger partial charge in [-0.15, -0.1) is 0 Å². The lowest BCUT2D eigenvalue weighted by molar-refractivity contribution is 0.0757. The third-order valence-electron chi connectivity index (χ3n) is 4.10. The van der Waals surface area contributed by atoms with Gasteiger partial charge >= 0.3 is 0 Å². The van der Waals surface area contributed by atoms with E-state index in [-0.39, 0.29) is 11.9 Å². The van der Waals surface area contributed by atoms with Gasteiger partial charge in [0.25, 0.3) is 5.91 Å². The molecule has 2 saturated heterocycles. The summed E-state index contributed by atoms with van der Waals surface area (Å²) in [5, 5.41) is 10.7. The molecule has 0 aliphatic carbocycles. The van der Waals surface area contributed by atoms with Gasteiger partial charge < -0.3 is 10.0 Å². The zero-order chi connectivity index (χ0) is 14.1. The molecule has 2 atom stereocenters. The number of rotatable bonds is 2. The Hall–Kier alpha value is -1.17. The van der Waals surface area contributed by atoms with Crippen LogP contribution in [0.15, 0.2) is 18.3 Å². The molecule has 3 rings (SSSR count). The largest absolute Gasteiger partial charge is 0.390 e. The van der Waals surface area contributed by atoms with E-state index in [1.165, 1.54) is 19.0 Å². The first-order chi connectivity index (χ1) is 9.65. The minimum absolute atomic E-state index is 0.0637. The van der Waals surface area contributed by atoms with Gasteiger partial charge in [0.05, 0.1) is 17.2 Å². The molecular formula is C14H18ClN3O2. The third kappa shape index (κ3) is 2.66. The number of halogens is 1. The lowest BCUT2D eigenvalue weighted by Crippen LogP contribution is -2.41. The summed E-state index contributed by atoms with van der Waals surface area (Å²) < 4.78 is 0. The molecule has 6 heteroatoms.